The van der Waals surface area contributed by atoms with Crippen LogP contribution in [0.2, 0.25) is 6.82 Å². The number of nitrogens with zero attached hydrogens (tertiary/aromatic N) is 2. The standard InChI is InChI=1S/C16H22BN3O2/c1-3-6-16(7-4-9-20(16)17(2)22)14(21)13-10-12-5-8-18-15(12)19-11-13/h5,8,10-11,22H,3-4,6-7,9H2,1-2H3,(H,18,19). The summed E-state index contributed by atoms with van der Waals surface area (Å²) in [5.74, 6) is 0.0864. The first-order valence-electron chi connectivity index (χ1n) is 8.01. The lowest BCUT2D eigenvalue weighted by atomic mass is 9.74. The quantitative estimate of drug-likeness (QED) is 0.657. The molecule has 2 aromatic rings. The van der Waals surface area contributed by atoms with Crippen LogP contribution in [-0.4, -0.2) is 44.7 Å². The molecule has 2 aromatic heterocycles. The van der Waals surface area contributed by atoms with Crippen molar-refractivity contribution in [2.75, 3.05) is 6.54 Å². The number of carbonyl (C=O) groups is 1. The fourth-order valence-corrected chi connectivity index (χ4v) is 3.82. The minimum Gasteiger partial charge on any atom is -0.437 e. The molecule has 0 spiro atoms. The van der Waals surface area contributed by atoms with Gasteiger partial charge in [-0.1, -0.05) is 13.3 Å². The first-order chi connectivity index (χ1) is 10.6. The zero-order valence-corrected chi connectivity index (χ0v) is 13.2. The van der Waals surface area contributed by atoms with E-state index < -0.39 is 12.6 Å². The highest BCUT2D eigenvalue weighted by Crippen LogP contribution is 2.37. The van der Waals surface area contributed by atoms with Crippen LogP contribution < -0.4 is 0 Å². The third kappa shape index (κ3) is 2.36. The highest BCUT2D eigenvalue weighted by atomic mass is 16.2. The third-order valence-electron chi connectivity index (χ3n) is 4.74. The van der Waals surface area contributed by atoms with E-state index in [2.05, 4.69) is 16.9 Å². The maximum absolute atomic E-state index is 13.2. The average Bonchev–Trinajstić information content (AvgIpc) is 3.12. The second-order valence-corrected chi connectivity index (χ2v) is 6.18. The summed E-state index contributed by atoms with van der Waals surface area (Å²) in [6.07, 6.45) is 6.89. The summed E-state index contributed by atoms with van der Waals surface area (Å²) >= 11 is 0. The number of hydrogen-bond acceptors (Lipinski definition) is 4. The Balaban J connectivity index is 2.01. The summed E-state index contributed by atoms with van der Waals surface area (Å²) < 4.78 is 0. The van der Waals surface area contributed by atoms with Gasteiger partial charge in [0, 0.05) is 23.3 Å². The zero-order valence-electron chi connectivity index (χ0n) is 13.2. The Labute approximate surface area is 130 Å². The van der Waals surface area contributed by atoms with E-state index in [4.69, 9.17) is 0 Å². The molecule has 1 unspecified atom stereocenters. The van der Waals surface area contributed by atoms with Crippen LogP contribution in [0.5, 0.6) is 0 Å². The Bertz CT molecular complexity index is 685. The van der Waals surface area contributed by atoms with Crippen LogP contribution in [-0.2, 0) is 0 Å². The third-order valence-corrected chi connectivity index (χ3v) is 4.74. The molecular formula is C16H22BN3O2. The number of fused-ring (bicyclic) bond motifs is 1. The number of pyridine rings is 1. The summed E-state index contributed by atoms with van der Waals surface area (Å²) in [6.45, 7) is 4.60. The Morgan fingerprint density at radius 2 is 2.41 bits per heavy atom. The van der Waals surface area contributed by atoms with Gasteiger partial charge in [-0.05, 0) is 44.8 Å². The number of rotatable bonds is 5. The molecule has 22 heavy (non-hydrogen) atoms. The van der Waals surface area contributed by atoms with E-state index in [1.807, 2.05) is 23.1 Å². The lowest BCUT2D eigenvalue weighted by Crippen LogP contribution is -2.55. The van der Waals surface area contributed by atoms with Crippen molar-refractivity contribution in [2.24, 2.45) is 0 Å². The molecule has 0 saturated carbocycles. The predicted octanol–water partition coefficient (Wildman–Crippen LogP) is 2.49. The molecule has 1 aliphatic rings. The van der Waals surface area contributed by atoms with Gasteiger partial charge in [-0.2, -0.15) is 0 Å². The number of ketones is 1. The molecule has 0 amide bonds. The Morgan fingerprint density at radius 3 is 3.14 bits per heavy atom. The van der Waals surface area contributed by atoms with Crippen molar-refractivity contribution in [2.45, 2.75) is 45.0 Å². The lowest BCUT2D eigenvalue weighted by Gasteiger charge is -2.38. The number of carbonyl (C=O) groups excluding carboxylic acids is 1. The van der Waals surface area contributed by atoms with Crippen molar-refractivity contribution >= 4 is 23.9 Å². The van der Waals surface area contributed by atoms with Gasteiger partial charge in [0.05, 0.1) is 5.54 Å². The lowest BCUT2D eigenvalue weighted by molar-refractivity contribution is 0.0751. The summed E-state index contributed by atoms with van der Waals surface area (Å²) in [5.41, 5.74) is 0.835. The molecule has 1 atom stereocenters. The van der Waals surface area contributed by atoms with Crippen LogP contribution >= 0.6 is 0 Å². The van der Waals surface area contributed by atoms with E-state index in [0.29, 0.717) is 5.56 Å². The van der Waals surface area contributed by atoms with Gasteiger partial charge in [0.25, 0.3) is 0 Å². The monoisotopic (exact) mass is 299 g/mol. The SMILES string of the molecule is CCCC1(C(=O)c2cnc3[nH]ccc3c2)CCCN1B(C)O. The van der Waals surface area contributed by atoms with Crippen LogP contribution in [0.4, 0.5) is 0 Å². The van der Waals surface area contributed by atoms with Crippen molar-refractivity contribution in [1.82, 2.24) is 14.8 Å². The summed E-state index contributed by atoms with van der Waals surface area (Å²) in [4.78, 5) is 22.6. The topological polar surface area (TPSA) is 69.2 Å². The van der Waals surface area contributed by atoms with Gasteiger partial charge < -0.3 is 14.8 Å². The highest BCUT2D eigenvalue weighted by Gasteiger charge is 2.48. The molecule has 1 fully saturated rings. The van der Waals surface area contributed by atoms with Gasteiger partial charge in [0.2, 0.25) is 0 Å². The van der Waals surface area contributed by atoms with E-state index in [1.54, 1.807) is 13.0 Å². The fraction of sp³-hybridized carbons (Fsp3) is 0.500. The van der Waals surface area contributed by atoms with E-state index in [9.17, 15) is 9.82 Å². The van der Waals surface area contributed by atoms with Crippen LogP contribution in [0.15, 0.2) is 24.5 Å². The maximum atomic E-state index is 13.2. The number of aromatic nitrogens is 2. The van der Waals surface area contributed by atoms with Crippen LogP contribution in [0.25, 0.3) is 11.0 Å². The Kier molecular flexibility index (Phi) is 4.06. The molecule has 0 radical (unpaired) electrons. The van der Waals surface area contributed by atoms with Crippen LogP contribution in [0.1, 0.15) is 43.0 Å². The van der Waals surface area contributed by atoms with Gasteiger partial charge in [-0.25, -0.2) is 4.98 Å². The van der Waals surface area contributed by atoms with Crippen molar-refractivity contribution in [1.29, 1.82) is 0 Å². The highest BCUT2D eigenvalue weighted by molar-refractivity contribution is 6.46. The van der Waals surface area contributed by atoms with E-state index in [-0.39, 0.29) is 5.78 Å². The second kappa shape index (κ2) is 5.86. The first-order valence-corrected chi connectivity index (χ1v) is 8.01. The molecule has 116 valence electrons. The normalized spacial score (nSPS) is 22.3. The molecule has 6 heteroatoms. The van der Waals surface area contributed by atoms with Crippen LogP contribution in [0.3, 0.4) is 0 Å². The van der Waals surface area contributed by atoms with Crippen LogP contribution in [0, 0.1) is 0 Å². The van der Waals surface area contributed by atoms with Crippen molar-refractivity contribution in [3.05, 3.63) is 30.1 Å². The number of nitrogens with one attached hydrogen (secondary N) is 1. The number of H-pyrrole nitrogens is 1. The largest absolute Gasteiger partial charge is 0.437 e. The summed E-state index contributed by atoms with van der Waals surface area (Å²) in [5, 5.41) is 11.0. The fourth-order valence-electron chi connectivity index (χ4n) is 3.82. The van der Waals surface area contributed by atoms with Crippen molar-refractivity contribution in [3.63, 3.8) is 0 Å². The number of hydrogen-bond donors (Lipinski definition) is 2. The van der Waals surface area contributed by atoms with Gasteiger partial charge in [0.1, 0.15) is 5.65 Å². The Hall–Kier alpha value is -1.66. The smallest absolute Gasteiger partial charge is 0.377 e. The first kappa shape index (κ1) is 15.2. The van der Waals surface area contributed by atoms with E-state index >= 15 is 0 Å². The number of Topliss-reactive ketones (excluding diaryl/α,β-unsaturated/α-hetero) is 1. The molecule has 0 bridgehead atoms. The van der Waals surface area contributed by atoms with Crippen molar-refractivity contribution < 1.29 is 9.82 Å². The molecule has 0 aliphatic carbocycles. The molecular weight excluding hydrogens is 277 g/mol. The molecule has 1 saturated heterocycles. The Morgan fingerprint density at radius 1 is 1.59 bits per heavy atom. The van der Waals surface area contributed by atoms with Gasteiger partial charge in [-0.15, -0.1) is 0 Å². The van der Waals surface area contributed by atoms with E-state index in [0.717, 1.165) is 43.3 Å². The molecule has 1 aliphatic heterocycles. The number of aromatic amines is 1. The molecule has 2 N–H and O–H groups in total. The van der Waals surface area contributed by atoms with Gasteiger partial charge in [0.15, 0.2) is 5.78 Å². The molecule has 0 aromatic carbocycles. The summed E-state index contributed by atoms with van der Waals surface area (Å²) in [7, 11) is -0.609. The molecule has 5 nitrogen and oxygen atoms in total. The summed E-state index contributed by atoms with van der Waals surface area (Å²) in [6, 6.07) is 3.82. The van der Waals surface area contributed by atoms with Crippen molar-refractivity contribution in [3.8, 4) is 0 Å². The van der Waals surface area contributed by atoms with Gasteiger partial charge in [-0.3, -0.25) is 4.79 Å². The maximum Gasteiger partial charge on any atom is 0.377 e. The predicted molar refractivity (Wildman–Crippen MR) is 87.8 cm³/mol. The molecule has 3 heterocycles. The minimum absolute atomic E-state index is 0.0864. The second-order valence-electron chi connectivity index (χ2n) is 6.18. The average molecular weight is 299 g/mol. The molecule has 3 rings (SSSR count). The van der Waals surface area contributed by atoms with E-state index in [1.165, 1.54) is 0 Å². The zero-order chi connectivity index (χ0) is 15.7. The van der Waals surface area contributed by atoms with Gasteiger partial charge >= 0.3 is 7.05 Å². The minimum atomic E-state index is -0.609.